The van der Waals surface area contributed by atoms with Gasteiger partial charge in [-0.05, 0) is 68.8 Å². The van der Waals surface area contributed by atoms with Crippen molar-refractivity contribution in [2.45, 2.75) is 45.1 Å². The predicted octanol–water partition coefficient (Wildman–Crippen LogP) is 1.31. The van der Waals surface area contributed by atoms with Gasteiger partial charge >= 0.3 is 0 Å². The maximum absolute atomic E-state index is 12.0. The summed E-state index contributed by atoms with van der Waals surface area (Å²) in [6, 6.07) is 6.05. The minimum absolute atomic E-state index is 0.185. The van der Waals surface area contributed by atoms with Crippen LogP contribution in [-0.2, 0) is 9.59 Å². The Morgan fingerprint density at radius 2 is 1.81 bits per heavy atom. The van der Waals surface area contributed by atoms with Gasteiger partial charge in [0.05, 0.1) is 0 Å². The average molecular weight is 429 g/mol. The van der Waals surface area contributed by atoms with E-state index >= 15 is 0 Å². The van der Waals surface area contributed by atoms with Crippen LogP contribution in [0.2, 0.25) is 0 Å². The first kappa shape index (κ1) is 22.0. The number of imide groups is 1. The van der Waals surface area contributed by atoms with E-state index in [1.165, 1.54) is 31.5 Å². The van der Waals surface area contributed by atoms with E-state index in [1.54, 1.807) is 0 Å². The Kier molecular flexibility index (Phi) is 7.09. The molecule has 1 aromatic carbocycles. The Balaban J connectivity index is 1.24. The van der Waals surface area contributed by atoms with E-state index in [0.29, 0.717) is 12.8 Å². The Labute approximate surface area is 185 Å². The zero-order valence-corrected chi connectivity index (χ0v) is 18.6. The Morgan fingerprint density at radius 1 is 1.06 bits per heavy atom. The normalized spacial score (nSPS) is 24.3. The summed E-state index contributed by atoms with van der Waals surface area (Å²) in [5.74, 6) is 6.27. The number of hydrogen-bond acceptors (Lipinski definition) is 7. The lowest BCUT2D eigenvalue weighted by atomic mass is 9.94. The van der Waals surface area contributed by atoms with Crippen LogP contribution in [0.15, 0.2) is 18.2 Å². The number of piperidine rings is 2. The lowest BCUT2D eigenvalue weighted by molar-refractivity contribution is -0.133. The molecule has 8 heteroatoms. The number of nitrogens with two attached hydrogens (primary N) is 1. The number of carbonyl (C=O) groups is 2. The fourth-order valence-electron chi connectivity index (χ4n) is 4.86. The quantitative estimate of drug-likeness (QED) is 0.465. The molecule has 8 nitrogen and oxygen atoms in total. The minimum atomic E-state index is -0.345. The van der Waals surface area contributed by atoms with Crippen LogP contribution in [0.4, 0.5) is 11.4 Å². The highest BCUT2D eigenvalue weighted by molar-refractivity contribution is 6.01. The molecule has 4 rings (SSSR count). The number of aryl methyl sites for hydroxylation is 1. The van der Waals surface area contributed by atoms with E-state index in [2.05, 4.69) is 45.6 Å². The first-order valence-corrected chi connectivity index (χ1v) is 11.7. The van der Waals surface area contributed by atoms with E-state index in [4.69, 9.17) is 5.84 Å². The van der Waals surface area contributed by atoms with Crippen LogP contribution >= 0.6 is 0 Å². The van der Waals surface area contributed by atoms with Gasteiger partial charge < -0.3 is 10.2 Å². The van der Waals surface area contributed by atoms with Gasteiger partial charge in [0.1, 0.15) is 6.04 Å². The van der Waals surface area contributed by atoms with Crippen molar-refractivity contribution in [3.8, 4) is 0 Å². The number of hydrogen-bond donors (Lipinski definition) is 3. The molecule has 2 amide bonds. The largest absolute Gasteiger partial charge is 0.373 e. The molecule has 0 spiro atoms. The molecule has 4 N–H and O–H groups in total. The molecule has 1 unspecified atom stereocenters. The van der Waals surface area contributed by atoms with Gasteiger partial charge in [0.15, 0.2) is 0 Å². The number of piperazine rings is 1. The fourth-order valence-corrected chi connectivity index (χ4v) is 4.86. The van der Waals surface area contributed by atoms with Gasteiger partial charge in [-0.3, -0.25) is 25.6 Å². The number of nitrogens with one attached hydrogen (secondary N) is 2. The molecule has 3 aliphatic rings. The summed E-state index contributed by atoms with van der Waals surface area (Å²) in [4.78, 5) is 28.4. The van der Waals surface area contributed by atoms with Gasteiger partial charge in [-0.15, -0.1) is 0 Å². The number of rotatable bonds is 6. The standard InChI is InChI=1S/C23H36N6O2/c1-17-16-19(2-3-20(17)25-21-4-5-22(30)26-23(21)31)28-14-12-27(13-15-28)9-6-18-7-10-29(24)11-8-18/h2-3,16,18,21,25H,4-15,24H2,1H3,(H,26,30,31). The third kappa shape index (κ3) is 5.75. The van der Waals surface area contributed by atoms with Crippen LogP contribution in [0.1, 0.15) is 37.7 Å². The summed E-state index contributed by atoms with van der Waals surface area (Å²) in [7, 11) is 0. The molecule has 3 saturated heterocycles. The van der Waals surface area contributed by atoms with Crippen molar-refractivity contribution in [1.29, 1.82) is 0 Å². The first-order valence-electron chi connectivity index (χ1n) is 11.7. The molecule has 3 heterocycles. The number of benzene rings is 1. The number of hydrazine groups is 1. The zero-order chi connectivity index (χ0) is 21.8. The fraction of sp³-hybridized carbons (Fsp3) is 0.652. The number of anilines is 2. The second kappa shape index (κ2) is 9.97. The molecular weight excluding hydrogens is 392 g/mol. The van der Waals surface area contributed by atoms with E-state index in [-0.39, 0.29) is 17.9 Å². The van der Waals surface area contributed by atoms with Gasteiger partial charge in [0.25, 0.3) is 0 Å². The third-order valence-electron chi connectivity index (χ3n) is 7.02. The molecule has 3 aliphatic heterocycles. The van der Waals surface area contributed by atoms with Crippen LogP contribution in [-0.4, -0.2) is 73.6 Å². The van der Waals surface area contributed by atoms with Crippen molar-refractivity contribution in [1.82, 2.24) is 15.2 Å². The molecule has 170 valence electrons. The molecule has 0 aromatic heterocycles. The van der Waals surface area contributed by atoms with Crippen LogP contribution in [0.5, 0.6) is 0 Å². The summed E-state index contributed by atoms with van der Waals surface area (Å²) in [5, 5.41) is 7.66. The van der Waals surface area contributed by atoms with Gasteiger partial charge in [-0.2, -0.15) is 0 Å². The number of carbonyl (C=O) groups excluding carboxylic acids is 2. The highest BCUT2D eigenvalue weighted by atomic mass is 16.2. The van der Waals surface area contributed by atoms with E-state index in [9.17, 15) is 9.59 Å². The summed E-state index contributed by atoms with van der Waals surface area (Å²) in [5.41, 5.74) is 3.32. The van der Waals surface area contributed by atoms with Crippen LogP contribution < -0.4 is 21.4 Å². The lowest BCUT2D eigenvalue weighted by Gasteiger charge is -2.37. The summed E-state index contributed by atoms with van der Waals surface area (Å²) in [6.45, 7) is 9.62. The maximum Gasteiger partial charge on any atom is 0.249 e. The smallest absolute Gasteiger partial charge is 0.249 e. The van der Waals surface area contributed by atoms with E-state index in [0.717, 1.165) is 56.4 Å². The Hall–Kier alpha value is -2.16. The second-order valence-electron chi connectivity index (χ2n) is 9.24. The zero-order valence-electron chi connectivity index (χ0n) is 18.6. The molecule has 0 saturated carbocycles. The summed E-state index contributed by atoms with van der Waals surface area (Å²) in [6.07, 6.45) is 4.67. The van der Waals surface area contributed by atoms with Gasteiger partial charge in [0, 0.05) is 57.1 Å². The number of nitrogens with zero attached hydrogens (tertiary/aromatic N) is 3. The molecule has 0 bridgehead atoms. The minimum Gasteiger partial charge on any atom is -0.373 e. The van der Waals surface area contributed by atoms with Crippen molar-refractivity contribution in [3.05, 3.63) is 23.8 Å². The van der Waals surface area contributed by atoms with Gasteiger partial charge in [0.2, 0.25) is 11.8 Å². The van der Waals surface area contributed by atoms with Crippen LogP contribution in [0.25, 0.3) is 0 Å². The molecule has 1 atom stereocenters. The van der Waals surface area contributed by atoms with Gasteiger partial charge in [-0.25, -0.2) is 5.01 Å². The summed E-state index contributed by atoms with van der Waals surface area (Å²) >= 11 is 0. The Bertz CT molecular complexity index is 784. The summed E-state index contributed by atoms with van der Waals surface area (Å²) < 4.78 is 0. The molecule has 31 heavy (non-hydrogen) atoms. The lowest BCUT2D eigenvalue weighted by Crippen LogP contribution is -2.47. The molecular formula is C23H36N6O2. The topological polar surface area (TPSA) is 93.9 Å². The van der Waals surface area contributed by atoms with Crippen molar-refractivity contribution in [3.63, 3.8) is 0 Å². The SMILES string of the molecule is Cc1cc(N2CCN(CCC3CCN(N)CC3)CC2)ccc1NC1CCC(=O)NC1=O. The van der Waals surface area contributed by atoms with Crippen LogP contribution in [0.3, 0.4) is 0 Å². The first-order chi connectivity index (χ1) is 15.0. The molecule has 0 aliphatic carbocycles. The monoisotopic (exact) mass is 428 g/mol. The third-order valence-corrected chi connectivity index (χ3v) is 7.02. The molecule has 3 fully saturated rings. The highest BCUT2D eigenvalue weighted by Crippen LogP contribution is 2.26. The van der Waals surface area contributed by atoms with E-state index in [1.807, 2.05) is 5.01 Å². The highest BCUT2D eigenvalue weighted by Gasteiger charge is 2.27. The van der Waals surface area contributed by atoms with Crippen molar-refractivity contribution >= 4 is 23.2 Å². The van der Waals surface area contributed by atoms with E-state index < -0.39 is 0 Å². The van der Waals surface area contributed by atoms with Crippen molar-refractivity contribution in [2.75, 3.05) is 56.0 Å². The maximum atomic E-state index is 12.0. The number of amides is 2. The Morgan fingerprint density at radius 3 is 2.48 bits per heavy atom. The van der Waals surface area contributed by atoms with Crippen LogP contribution in [0, 0.1) is 12.8 Å². The second-order valence-corrected chi connectivity index (χ2v) is 9.24. The molecule has 1 aromatic rings. The van der Waals surface area contributed by atoms with Crippen molar-refractivity contribution in [2.24, 2.45) is 11.8 Å². The predicted molar refractivity (Wildman–Crippen MR) is 123 cm³/mol. The molecule has 0 radical (unpaired) electrons. The average Bonchev–Trinajstić information content (AvgIpc) is 2.77. The van der Waals surface area contributed by atoms with Crippen molar-refractivity contribution < 1.29 is 9.59 Å². The van der Waals surface area contributed by atoms with Gasteiger partial charge in [-0.1, -0.05) is 0 Å².